The molecular formula is C28H33F3. The first-order chi connectivity index (χ1) is 15.0. The van der Waals surface area contributed by atoms with Crippen LogP contribution in [0.4, 0.5) is 13.2 Å². The fourth-order valence-electron chi connectivity index (χ4n) is 5.38. The lowest BCUT2D eigenvalue weighted by Gasteiger charge is -2.29. The summed E-state index contributed by atoms with van der Waals surface area (Å²) in [6.45, 7) is 2.27. The summed E-state index contributed by atoms with van der Waals surface area (Å²) in [7, 11) is 0. The van der Waals surface area contributed by atoms with E-state index in [0.29, 0.717) is 23.1 Å². The minimum Gasteiger partial charge on any atom is -0.206 e. The molecule has 0 saturated heterocycles. The maximum atomic E-state index is 15.2. The third kappa shape index (κ3) is 5.25. The highest BCUT2D eigenvalue weighted by Crippen LogP contribution is 2.37. The zero-order valence-electron chi connectivity index (χ0n) is 18.5. The van der Waals surface area contributed by atoms with Crippen molar-refractivity contribution >= 4 is 6.08 Å². The molecule has 31 heavy (non-hydrogen) atoms. The highest BCUT2D eigenvalue weighted by molar-refractivity contribution is 5.70. The molecule has 2 aliphatic carbocycles. The van der Waals surface area contributed by atoms with Gasteiger partial charge in [-0.15, -0.1) is 0 Å². The van der Waals surface area contributed by atoms with Gasteiger partial charge < -0.3 is 0 Å². The Labute approximate surface area is 184 Å². The smallest absolute Gasteiger partial charge is 0.159 e. The van der Waals surface area contributed by atoms with E-state index >= 15 is 4.39 Å². The Kier molecular flexibility index (Phi) is 7.20. The molecule has 1 saturated carbocycles. The average molecular weight is 427 g/mol. The van der Waals surface area contributed by atoms with E-state index in [0.717, 1.165) is 42.4 Å². The molecule has 0 N–H and O–H groups in total. The third-order valence-corrected chi connectivity index (χ3v) is 7.37. The van der Waals surface area contributed by atoms with Crippen molar-refractivity contribution in [2.45, 2.75) is 77.6 Å². The predicted octanol–water partition coefficient (Wildman–Crippen LogP) is 8.88. The van der Waals surface area contributed by atoms with Gasteiger partial charge in [-0.3, -0.25) is 0 Å². The molecule has 0 radical (unpaired) electrons. The van der Waals surface area contributed by atoms with Crippen molar-refractivity contribution in [3.63, 3.8) is 0 Å². The van der Waals surface area contributed by atoms with E-state index in [1.807, 2.05) is 6.07 Å². The summed E-state index contributed by atoms with van der Waals surface area (Å²) < 4.78 is 42.0. The normalized spacial score (nSPS) is 21.0. The van der Waals surface area contributed by atoms with Crippen LogP contribution in [0.3, 0.4) is 0 Å². The van der Waals surface area contributed by atoms with Gasteiger partial charge in [-0.1, -0.05) is 81.7 Å². The molecule has 0 bridgehead atoms. The van der Waals surface area contributed by atoms with E-state index in [9.17, 15) is 8.78 Å². The molecule has 0 heterocycles. The zero-order valence-corrected chi connectivity index (χ0v) is 18.5. The number of fused-ring (bicyclic) bond motifs is 1. The van der Waals surface area contributed by atoms with Gasteiger partial charge in [0.05, 0.1) is 0 Å². The summed E-state index contributed by atoms with van der Waals surface area (Å²) in [5, 5.41) is 0. The number of hydrogen-bond donors (Lipinski definition) is 0. The Hall–Kier alpha value is -2.03. The second kappa shape index (κ2) is 10.1. The van der Waals surface area contributed by atoms with E-state index < -0.39 is 11.6 Å². The van der Waals surface area contributed by atoms with Crippen molar-refractivity contribution in [3.8, 4) is 11.1 Å². The van der Waals surface area contributed by atoms with E-state index in [-0.39, 0.29) is 5.82 Å². The van der Waals surface area contributed by atoms with Gasteiger partial charge in [-0.2, -0.15) is 0 Å². The Bertz CT molecular complexity index is 936. The molecule has 0 spiro atoms. The van der Waals surface area contributed by atoms with Crippen LogP contribution in [0.25, 0.3) is 17.2 Å². The maximum Gasteiger partial charge on any atom is 0.159 e. The Morgan fingerprint density at radius 2 is 1.58 bits per heavy atom. The Morgan fingerprint density at radius 3 is 2.29 bits per heavy atom. The molecule has 0 amide bonds. The molecule has 0 aliphatic heterocycles. The zero-order chi connectivity index (χ0) is 21.8. The second-order valence-corrected chi connectivity index (χ2v) is 9.49. The molecule has 166 valence electrons. The number of benzene rings is 2. The van der Waals surface area contributed by atoms with Crippen molar-refractivity contribution in [1.29, 1.82) is 0 Å². The van der Waals surface area contributed by atoms with Crippen molar-refractivity contribution in [3.05, 3.63) is 64.5 Å². The summed E-state index contributed by atoms with van der Waals surface area (Å²) in [6, 6.07) is 7.18. The number of unbranched alkanes of at least 4 members (excludes halogenated alkanes) is 1. The molecule has 1 fully saturated rings. The Balaban J connectivity index is 1.39. The fourth-order valence-corrected chi connectivity index (χ4v) is 5.38. The summed E-state index contributed by atoms with van der Waals surface area (Å²) >= 11 is 0. The van der Waals surface area contributed by atoms with Crippen LogP contribution in [0.2, 0.25) is 0 Å². The van der Waals surface area contributed by atoms with E-state index in [2.05, 4.69) is 13.0 Å². The van der Waals surface area contributed by atoms with Crippen LogP contribution in [0, 0.1) is 29.3 Å². The SMILES string of the molecule is CCCCC1CCC(CCC2=Cc3ccc(-c4ccc(F)c(F)c4)c(F)c3CC2)CC1. The predicted molar refractivity (Wildman–Crippen MR) is 122 cm³/mol. The summed E-state index contributed by atoms with van der Waals surface area (Å²) in [5.74, 6) is -0.374. The molecule has 3 heteroatoms. The van der Waals surface area contributed by atoms with Crippen molar-refractivity contribution < 1.29 is 13.2 Å². The molecule has 0 unspecified atom stereocenters. The first kappa shape index (κ1) is 22.2. The second-order valence-electron chi connectivity index (χ2n) is 9.49. The van der Waals surface area contributed by atoms with Gasteiger partial charge in [0.15, 0.2) is 11.6 Å². The summed E-state index contributed by atoms with van der Waals surface area (Å²) in [4.78, 5) is 0. The lowest BCUT2D eigenvalue weighted by Crippen LogP contribution is -2.15. The number of rotatable bonds is 7. The molecule has 4 rings (SSSR count). The topological polar surface area (TPSA) is 0 Å². The molecule has 0 atom stereocenters. The van der Waals surface area contributed by atoms with Crippen molar-refractivity contribution in [1.82, 2.24) is 0 Å². The van der Waals surface area contributed by atoms with Crippen LogP contribution in [0.15, 0.2) is 35.9 Å². The minimum atomic E-state index is -0.948. The average Bonchev–Trinajstić information content (AvgIpc) is 2.79. The highest BCUT2D eigenvalue weighted by atomic mass is 19.2. The van der Waals surface area contributed by atoms with E-state index in [4.69, 9.17) is 0 Å². The molecule has 0 aromatic heterocycles. The van der Waals surface area contributed by atoms with Crippen LogP contribution in [-0.4, -0.2) is 0 Å². The minimum absolute atomic E-state index is 0.302. The van der Waals surface area contributed by atoms with Crippen LogP contribution in [0.1, 0.15) is 82.3 Å². The van der Waals surface area contributed by atoms with Crippen LogP contribution in [-0.2, 0) is 6.42 Å². The van der Waals surface area contributed by atoms with Crippen molar-refractivity contribution in [2.75, 3.05) is 0 Å². The Morgan fingerprint density at radius 1 is 0.839 bits per heavy atom. The number of hydrogen-bond acceptors (Lipinski definition) is 0. The summed E-state index contributed by atoms with van der Waals surface area (Å²) in [6.07, 6.45) is 15.7. The molecule has 0 nitrogen and oxygen atoms in total. The van der Waals surface area contributed by atoms with Crippen molar-refractivity contribution in [2.24, 2.45) is 11.8 Å². The largest absolute Gasteiger partial charge is 0.206 e. The third-order valence-electron chi connectivity index (χ3n) is 7.37. The van der Waals surface area contributed by atoms with Gasteiger partial charge in [0.2, 0.25) is 0 Å². The summed E-state index contributed by atoms with van der Waals surface area (Å²) in [5.41, 5.74) is 3.77. The van der Waals surface area contributed by atoms with Crippen LogP contribution in [0.5, 0.6) is 0 Å². The van der Waals surface area contributed by atoms with Gasteiger partial charge >= 0.3 is 0 Å². The highest BCUT2D eigenvalue weighted by Gasteiger charge is 2.22. The molecule has 2 aromatic rings. The van der Waals surface area contributed by atoms with Gasteiger partial charge in [-0.25, -0.2) is 13.2 Å². The first-order valence-corrected chi connectivity index (χ1v) is 12.0. The fraction of sp³-hybridized carbons (Fsp3) is 0.500. The lowest BCUT2D eigenvalue weighted by molar-refractivity contribution is 0.249. The molecule has 2 aliphatic rings. The number of allylic oxidation sites excluding steroid dienone is 1. The molecular weight excluding hydrogens is 393 g/mol. The quantitative estimate of drug-likeness (QED) is 0.415. The van der Waals surface area contributed by atoms with Crippen LogP contribution < -0.4 is 0 Å². The van der Waals surface area contributed by atoms with Gasteiger partial charge in [0.25, 0.3) is 0 Å². The standard InChI is InChI=1S/C28H33F3/c1-2-3-4-19-5-7-20(8-6-19)9-10-21-11-14-24-22(17-21)12-15-25(28(24)31)23-13-16-26(29)27(30)18-23/h12-13,15-20H,2-11,14H2,1H3. The van der Waals surface area contributed by atoms with E-state index in [1.54, 1.807) is 6.07 Å². The first-order valence-electron chi connectivity index (χ1n) is 12.0. The van der Waals surface area contributed by atoms with Gasteiger partial charge in [-0.05, 0) is 66.3 Å². The van der Waals surface area contributed by atoms with Gasteiger partial charge in [0, 0.05) is 5.56 Å². The monoisotopic (exact) mass is 426 g/mol. The van der Waals surface area contributed by atoms with E-state index in [1.165, 1.54) is 63.0 Å². The van der Waals surface area contributed by atoms with Crippen LogP contribution >= 0.6 is 0 Å². The lowest BCUT2D eigenvalue weighted by atomic mass is 9.77. The maximum absolute atomic E-state index is 15.2. The number of halogens is 3. The molecule has 2 aromatic carbocycles. The van der Waals surface area contributed by atoms with Gasteiger partial charge in [0.1, 0.15) is 5.82 Å².